The third-order valence-electron chi connectivity index (χ3n) is 4.47. The van der Waals surface area contributed by atoms with Gasteiger partial charge in [-0.2, -0.15) is 4.98 Å². The summed E-state index contributed by atoms with van der Waals surface area (Å²) in [5.41, 5.74) is 1.08. The summed E-state index contributed by atoms with van der Waals surface area (Å²) >= 11 is 17.5. The average Bonchev–Trinajstić information content (AvgIpc) is 2.60. The Kier molecular flexibility index (Phi) is 6.73. The number of rotatable bonds is 4. The molecule has 8 heteroatoms. The van der Waals surface area contributed by atoms with Crippen molar-refractivity contribution in [3.63, 3.8) is 0 Å². The van der Waals surface area contributed by atoms with Crippen LogP contribution in [-0.2, 0) is 6.54 Å². The molecule has 144 valence electrons. The summed E-state index contributed by atoms with van der Waals surface area (Å²) in [4.78, 5) is 11.1. The fourth-order valence-corrected chi connectivity index (χ4v) is 3.87. The number of nitrogens with one attached hydrogen (secondary N) is 2. The number of piperidine rings is 1. The Morgan fingerprint density at radius 2 is 1.81 bits per heavy atom. The molecule has 1 aromatic carbocycles. The van der Waals surface area contributed by atoms with Gasteiger partial charge in [0.25, 0.3) is 0 Å². The van der Waals surface area contributed by atoms with Crippen LogP contribution in [0.1, 0.15) is 25.8 Å². The summed E-state index contributed by atoms with van der Waals surface area (Å²) in [6.45, 7) is 7.05. The fraction of sp³-hybridized carbons (Fsp3) is 0.421. The van der Waals surface area contributed by atoms with E-state index in [-0.39, 0.29) is 0 Å². The molecule has 1 fully saturated rings. The minimum absolute atomic E-state index is 0.397. The SMILES string of the molecule is C[C@H]1C[C@H](C)CN(c2cc(Cl)nc(NC(=S)NCc3ccc(Cl)cc3)n2)C1. The topological polar surface area (TPSA) is 53.1 Å². The molecule has 3 rings (SSSR count). The number of hydrogen-bond acceptors (Lipinski definition) is 4. The van der Waals surface area contributed by atoms with Crippen LogP contribution in [0.15, 0.2) is 30.3 Å². The summed E-state index contributed by atoms with van der Waals surface area (Å²) in [5, 5.41) is 7.72. The van der Waals surface area contributed by atoms with Crippen LogP contribution in [0.3, 0.4) is 0 Å². The predicted molar refractivity (Wildman–Crippen MR) is 117 cm³/mol. The van der Waals surface area contributed by atoms with Crippen LogP contribution in [0.5, 0.6) is 0 Å². The third-order valence-corrected chi connectivity index (χ3v) is 5.16. The zero-order chi connectivity index (χ0) is 19.4. The van der Waals surface area contributed by atoms with E-state index in [4.69, 9.17) is 35.4 Å². The molecule has 0 aliphatic carbocycles. The normalized spacial score (nSPS) is 19.6. The van der Waals surface area contributed by atoms with E-state index in [0.29, 0.717) is 39.6 Å². The van der Waals surface area contributed by atoms with E-state index >= 15 is 0 Å². The van der Waals surface area contributed by atoms with E-state index in [0.717, 1.165) is 24.5 Å². The lowest BCUT2D eigenvalue weighted by molar-refractivity contribution is 0.355. The first-order chi connectivity index (χ1) is 12.9. The van der Waals surface area contributed by atoms with E-state index in [1.54, 1.807) is 0 Å². The molecule has 1 aliphatic heterocycles. The Hall–Kier alpha value is -1.63. The highest BCUT2D eigenvalue weighted by Gasteiger charge is 2.23. The summed E-state index contributed by atoms with van der Waals surface area (Å²) in [6.07, 6.45) is 1.24. The minimum atomic E-state index is 0.397. The van der Waals surface area contributed by atoms with Gasteiger partial charge in [-0.3, -0.25) is 0 Å². The highest BCUT2D eigenvalue weighted by atomic mass is 35.5. The third kappa shape index (κ3) is 5.92. The van der Waals surface area contributed by atoms with E-state index in [9.17, 15) is 0 Å². The van der Waals surface area contributed by atoms with Gasteiger partial charge in [-0.15, -0.1) is 0 Å². The van der Waals surface area contributed by atoms with Crippen molar-refractivity contribution in [3.8, 4) is 0 Å². The van der Waals surface area contributed by atoms with Crippen molar-refractivity contribution >= 4 is 52.3 Å². The molecular weight excluding hydrogens is 401 g/mol. The first-order valence-electron chi connectivity index (χ1n) is 8.98. The standard InChI is InChI=1S/C19H23Cl2N5S/c1-12-7-13(2)11-26(10-12)17-8-16(21)23-18(24-17)25-19(27)22-9-14-3-5-15(20)6-4-14/h3-6,8,12-13H,7,9-11H2,1-2H3,(H2,22,23,24,25,27)/t12-,13-/m0/s1. The maximum absolute atomic E-state index is 6.22. The van der Waals surface area contributed by atoms with Gasteiger partial charge in [-0.05, 0) is 48.2 Å². The monoisotopic (exact) mass is 423 g/mol. The van der Waals surface area contributed by atoms with Crippen molar-refractivity contribution in [2.75, 3.05) is 23.3 Å². The average molecular weight is 424 g/mol. The molecule has 0 bridgehead atoms. The quantitative estimate of drug-likeness (QED) is 0.546. The van der Waals surface area contributed by atoms with Gasteiger partial charge in [0.15, 0.2) is 5.11 Å². The molecular formula is C19H23Cl2N5S. The Bertz CT molecular complexity index is 789. The molecule has 0 amide bonds. The zero-order valence-corrected chi connectivity index (χ0v) is 17.7. The summed E-state index contributed by atoms with van der Waals surface area (Å²) in [6, 6.07) is 9.40. The van der Waals surface area contributed by atoms with Crippen molar-refractivity contribution in [1.82, 2.24) is 15.3 Å². The molecule has 0 saturated carbocycles. The second-order valence-corrected chi connectivity index (χ2v) is 8.39. The van der Waals surface area contributed by atoms with Crippen molar-refractivity contribution in [2.24, 2.45) is 11.8 Å². The van der Waals surface area contributed by atoms with E-state index in [1.807, 2.05) is 30.3 Å². The molecule has 2 N–H and O–H groups in total. The van der Waals surface area contributed by atoms with Crippen LogP contribution in [0.25, 0.3) is 0 Å². The lowest BCUT2D eigenvalue weighted by atomic mass is 9.92. The molecule has 27 heavy (non-hydrogen) atoms. The van der Waals surface area contributed by atoms with E-state index < -0.39 is 0 Å². The molecule has 2 heterocycles. The molecule has 1 aromatic heterocycles. The number of halogens is 2. The Balaban J connectivity index is 1.63. The number of anilines is 2. The van der Waals surface area contributed by atoms with Crippen molar-refractivity contribution in [2.45, 2.75) is 26.8 Å². The lowest BCUT2D eigenvalue weighted by Gasteiger charge is -2.35. The molecule has 2 atom stereocenters. The van der Waals surface area contributed by atoms with Crippen molar-refractivity contribution < 1.29 is 0 Å². The van der Waals surface area contributed by atoms with Crippen LogP contribution >= 0.6 is 35.4 Å². The molecule has 0 spiro atoms. The maximum Gasteiger partial charge on any atom is 0.232 e. The van der Waals surface area contributed by atoms with Crippen LogP contribution in [0.2, 0.25) is 10.2 Å². The van der Waals surface area contributed by atoms with Crippen LogP contribution in [0, 0.1) is 11.8 Å². The highest BCUT2D eigenvalue weighted by molar-refractivity contribution is 7.80. The van der Waals surface area contributed by atoms with Crippen molar-refractivity contribution in [1.29, 1.82) is 0 Å². The maximum atomic E-state index is 6.22. The van der Waals surface area contributed by atoms with Gasteiger partial charge in [0.05, 0.1) is 0 Å². The van der Waals surface area contributed by atoms with E-state index in [2.05, 4.69) is 39.3 Å². The molecule has 5 nitrogen and oxygen atoms in total. The van der Waals surface area contributed by atoms with Crippen LogP contribution in [0.4, 0.5) is 11.8 Å². The van der Waals surface area contributed by atoms with Gasteiger partial charge in [0, 0.05) is 30.7 Å². The lowest BCUT2D eigenvalue weighted by Crippen LogP contribution is -2.39. The second kappa shape index (κ2) is 9.04. The molecule has 1 saturated heterocycles. The zero-order valence-electron chi connectivity index (χ0n) is 15.4. The van der Waals surface area contributed by atoms with Gasteiger partial charge in [0.1, 0.15) is 11.0 Å². The first-order valence-corrected chi connectivity index (χ1v) is 10.1. The number of aromatic nitrogens is 2. The van der Waals surface area contributed by atoms with Gasteiger partial charge < -0.3 is 15.5 Å². The first kappa shape index (κ1) is 20.1. The highest BCUT2D eigenvalue weighted by Crippen LogP contribution is 2.27. The summed E-state index contributed by atoms with van der Waals surface area (Å²) < 4.78 is 0. The largest absolute Gasteiger partial charge is 0.358 e. The predicted octanol–water partition coefficient (Wildman–Crippen LogP) is 4.75. The fourth-order valence-electron chi connectivity index (χ4n) is 3.40. The summed E-state index contributed by atoms with van der Waals surface area (Å²) in [5.74, 6) is 2.48. The molecule has 1 aliphatic rings. The Morgan fingerprint density at radius 1 is 1.15 bits per heavy atom. The molecule has 2 aromatic rings. The Labute approximate surface area is 175 Å². The number of nitrogens with zero attached hydrogens (tertiary/aromatic N) is 3. The molecule has 0 unspecified atom stereocenters. The van der Waals surface area contributed by atoms with Gasteiger partial charge in [-0.25, -0.2) is 4.98 Å². The Morgan fingerprint density at radius 3 is 2.48 bits per heavy atom. The minimum Gasteiger partial charge on any atom is -0.358 e. The van der Waals surface area contributed by atoms with E-state index in [1.165, 1.54) is 6.42 Å². The van der Waals surface area contributed by atoms with Gasteiger partial charge in [0.2, 0.25) is 5.95 Å². The second-order valence-electron chi connectivity index (χ2n) is 7.16. The summed E-state index contributed by atoms with van der Waals surface area (Å²) in [7, 11) is 0. The van der Waals surface area contributed by atoms with Crippen molar-refractivity contribution in [3.05, 3.63) is 46.1 Å². The molecule has 0 radical (unpaired) electrons. The van der Waals surface area contributed by atoms with Gasteiger partial charge >= 0.3 is 0 Å². The van der Waals surface area contributed by atoms with Gasteiger partial charge in [-0.1, -0.05) is 49.2 Å². The number of hydrogen-bond donors (Lipinski definition) is 2. The van der Waals surface area contributed by atoms with Crippen LogP contribution in [-0.4, -0.2) is 28.2 Å². The smallest absolute Gasteiger partial charge is 0.232 e. The number of thiocarbonyl (C=S) groups is 1. The van der Waals surface area contributed by atoms with Crippen LogP contribution < -0.4 is 15.5 Å². The number of benzene rings is 1.